The van der Waals surface area contributed by atoms with Gasteiger partial charge in [0.2, 0.25) is 0 Å². The number of allylic oxidation sites excluding steroid dienone is 1. The van der Waals surface area contributed by atoms with Gasteiger partial charge in [-0.2, -0.15) is 0 Å². The summed E-state index contributed by atoms with van der Waals surface area (Å²) in [7, 11) is 0. The summed E-state index contributed by atoms with van der Waals surface area (Å²) >= 11 is 0. The lowest BCUT2D eigenvalue weighted by Crippen LogP contribution is -2.65. The van der Waals surface area contributed by atoms with E-state index in [-0.39, 0.29) is 23.9 Å². The molecule has 1 fully saturated rings. The van der Waals surface area contributed by atoms with Crippen molar-refractivity contribution in [2.24, 2.45) is 11.3 Å². The average molecular weight is 360 g/mol. The summed E-state index contributed by atoms with van der Waals surface area (Å²) in [4.78, 5) is 37.3. The molecule has 0 aromatic heterocycles. The molecule has 1 saturated carbocycles. The van der Waals surface area contributed by atoms with E-state index in [9.17, 15) is 19.5 Å². The Kier molecular flexibility index (Phi) is 4.22. The van der Waals surface area contributed by atoms with Crippen LogP contribution in [-0.4, -0.2) is 34.5 Å². The Morgan fingerprint density at radius 3 is 2.69 bits per heavy atom. The van der Waals surface area contributed by atoms with E-state index in [4.69, 9.17) is 9.47 Å². The fourth-order valence-electron chi connectivity index (χ4n) is 4.16. The Balaban J connectivity index is 2.23. The number of hydrogen-bond donors (Lipinski definition) is 1. The van der Waals surface area contributed by atoms with Gasteiger partial charge in [0, 0.05) is 23.1 Å². The molecule has 3 aliphatic rings. The van der Waals surface area contributed by atoms with Crippen LogP contribution in [0.3, 0.4) is 0 Å². The normalized spacial score (nSPS) is 37.0. The summed E-state index contributed by atoms with van der Waals surface area (Å²) in [5, 5.41) is 11.3. The number of esters is 2. The van der Waals surface area contributed by atoms with E-state index in [1.54, 1.807) is 33.8 Å². The first-order chi connectivity index (χ1) is 12.1. The van der Waals surface area contributed by atoms with Gasteiger partial charge in [0.15, 0.2) is 11.4 Å². The van der Waals surface area contributed by atoms with Crippen molar-refractivity contribution in [1.29, 1.82) is 0 Å². The Morgan fingerprint density at radius 1 is 1.42 bits per heavy atom. The second-order valence-electron chi connectivity index (χ2n) is 7.61. The molecule has 0 aromatic carbocycles. The maximum atomic E-state index is 12.7. The fourth-order valence-corrected chi connectivity index (χ4v) is 4.16. The lowest BCUT2D eigenvalue weighted by Gasteiger charge is -2.55. The molecule has 0 unspecified atom stereocenters. The number of rotatable bonds is 2. The van der Waals surface area contributed by atoms with Crippen LogP contribution in [0.25, 0.3) is 0 Å². The van der Waals surface area contributed by atoms with Crippen LogP contribution in [0.4, 0.5) is 0 Å². The minimum atomic E-state index is -1.86. The Morgan fingerprint density at radius 2 is 2.08 bits per heavy atom. The molecule has 4 atom stereocenters. The lowest BCUT2D eigenvalue weighted by molar-refractivity contribution is -0.186. The van der Waals surface area contributed by atoms with Gasteiger partial charge in [-0.05, 0) is 39.2 Å². The second-order valence-corrected chi connectivity index (χ2v) is 7.61. The summed E-state index contributed by atoms with van der Waals surface area (Å²) in [5.74, 6) is -1.46. The van der Waals surface area contributed by atoms with Crippen molar-refractivity contribution in [1.82, 2.24) is 0 Å². The highest BCUT2D eigenvalue weighted by atomic mass is 16.6. The lowest BCUT2D eigenvalue weighted by atomic mass is 9.52. The molecule has 0 bridgehead atoms. The number of hydrogen-bond acceptors (Lipinski definition) is 6. The van der Waals surface area contributed by atoms with Crippen molar-refractivity contribution in [3.05, 3.63) is 34.6 Å². The molecule has 3 rings (SSSR count). The number of ether oxygens (including phenoxy) is 2. The fraction of sp³-hybridized carbons (Fsp3) is 0.550. The highest BCUT2D eigenvalue weighted by Crippen LogP contribution is 2.57. The quantitative estimate of drug-likeness (QED) is 0.601. The number of aliphatic hydroxyl groups is 1. The number of ketones is 1. The molecule has 26 heavy (non-hydrogen) atoms. The van der Waals surface area contributed by atoms with Crippen LogP contribution in [0.1, 0.15) is 47.5 Å². The molecular formula is C20H24O6. The molecule has 2 aliphatic carbocycles. The van der Waals surface area contributed by atoms with Crippen molar-refractivity contribution in [3.63, 3.8) is 0 Å². The molecule has 140 valence electrons. The monoisotopic (exact) mass is 360 g/mol. The van der Waals surface area contributed by atoms with Gasteiger partial charge in [-0.1, -0.05) is 19.9 Å². The molecule has 0 saturated heterocycles. The molecule has 1 aliphatic heterocycles. The van der Waals surface area contributed by atoms with Crippen molar-refractivity contribution in [2.75, 3.05) is 0 Å². The van der Waals surface area contributed by atoms with Crippen LogP contribution < -0.4 is 0 Å². The zero-order valence-corrected chi connectivity index (χ0v) is 15.7. The minimum Gasteiger partial charge on any atom is -0.453 e. The average Bonchev–Trinajstić information content (AvgIpc) is 2.87. The minimum absolute atomic E-state index is 0.117. The number of fused-ring (bicyclic) bond motifs is 2. The maximum absolute atomic E-state index is 12.7. The molecule has 6 heteroatoms. The first-order valence-electron chi connectivity index (χ1n) is 8.83. The third-order valence-corrected chi connectivity index (χ3v) is 6.38. The standard InChI is InChI=1S/C20H24O6/c1-6-10(2)17(22)26-16-15-12(4)18(23)25-13(15)9-20(24)14(21)8-7-11(3)19(16,20)5/h6,9,11,16,24H,7-8H2,1-5H3/t11-,16+,19-,20-/m0/s1. The third-order valence-electron chi connectivity index (χ3n) is 6.38. The van der Waals surface area contributed by atoms with E-state index in [0.29, 0.717) is 23.1 Å². The van der Waals surface area contributed by atoms with Crippen LogP contribution in [0.15, 0.2) is 34.6 Å². The zero-order chi connectivity index (χ0) is 19.4. The van der Waals surface area contributed by atoms with Gasteiger partial charge < -0.3 is 14.6 Å². The number of carbonyl (C=O) groups excluding carboxylic acids is 3. The number of Topliss-reactive ketones (excluding diaryl/α,β-unsaturated/α-hetero) is 1. The Hall–Kier alpha value is -2.21. The van der Waals surface area contributed by atoms with Crippen LogP contribution in [0.5, 0.6) is 0 Å². The smallest absolute Gasteiger partial charge is 0.339 e. The maximum Gasteiger partial charge on any atom is 0.339 e. The van der Waals surface area contributed by atoms with Crippen LogP contribution in [0.2, 0.25) is 0 Å². The van der Waals surface area contributed by atoms with Gasteiger partial charge in [0.1, 0.15) is 11.9 Å². The Labute approximate surface area is 152 Å². The van der Waals surface area contributed by atoms with Gasteiger partial charge in [-0.25, -0.2) is 9.59 Å². The van der Waals surface area contributed by atoms with Gasteiger partial charge in [0.25, 0.3) is 0 Å². The second kappa shape index (κ2) is 5.91. The van der Waals surface area contributed by atoms with Gasteiger partial charge in [-0.15, -0.1) is 0 Å². The van der Waals surface area contributed by atoms with Crippen molar-refractivity contribution in [2.45, 2.75) is 59.2 Å². The van der Waals surface area contributed by atoms with Gasteiger partial charge in [-0.3, -0.25) is 4.79 Å². The molecule has 0 amide bonds. The summed E-state index contributed by atoms with van der Waals surface area (Å²) in [5.41, 5.74) is -1.77. The van der Waals surface area contributed by atoms with E-state index in [0.717, 1.165) is 0 Å². The highest BCUT2D eigenvalue weighted by Gasteiger charge is 2.66. The molecule has 0 aromatic rings. The molecule has 0 spiro atoms. The van der Waals surface area contributed by atoms with Crippen molar-refractivity contribution in [3.8, 4) is 0 Å². The number of carbonyl (C=O) groups is 3. The van der Waals surface area contributed by atoms with E-state index < -0.39 is 29.1 Å². The first-order valence-corrected chi connectivity index (χ1v) is 8.83. The summed E-state index contributed by atoms with van der Waals surface area (Å²) in [6, 6.07) is 0. The van der Waals surface area contributed by atoms with E-state index >= 15 is 0 Å². The van der Waals surface area contributed by atoms with E-state index in [2.05, 4.69) is 0 Å². The first kappa shape index (κ1) is 18.6. The van der Waals surface area contributed by atoms with Crippen LogP contribution in [-0.2, 0) is 23.9 Å². The van der Waals surface area contributed by atoms with Crippen LogP contribution >= 0.6 is 0 Å². The van der Waals surface area contributed by atoms with Crippen molar-refractivity contribution >= 4 is 17.7 Å². The van der Waals surface area contributed by atoms with E-state index in [1.807, 2.05) is 6.92 Å². The topological polar surface area (TPSA) is 89.9 Å². The van der Waals surface area contributed by atoms with Gasteiger partial charge >= 0.3 is 11.9 Å². The molecule has 6 nitrogen and oxygen atoms in total. The zero-order valence-electron chi connectivity index (χ0n) is 15.7. The van der Waals surface area contributed by atoms with Gasteiger partial charge in [0.05, 0.1) is 5.41 Å². The SMILES string of the molecule is CC=C(C)C(=O)O[C@@H]1C2=C(C)C(=O)OC2=C[C@]2(O)C(=O)CC[C@H](C)[C@@]12C. The molecule has 1 N–H and O–H groups in total. The molecule has 0 radical (unpaired) electrons. The third kappa shape index (κ3) is 2.24. The largest absolute Gasteiger partial charge is 0.453 e. The predicted octanol–water partition coefficient (Wildman–Crippen LogP) is 2.37. The highest BCUT2D eigenvalue weighted by molar-refractivity contribution is 5.98. The molecular weight excluding hydrogens is 336 g/mol. The summed E-state index contributed by atoms with van der Waals surface area (Å²) < 4.78 is 11.0. The molecule has 1 heterocycles. The predicted molar refractivity (Wildman–Crippen MR) is 92.6 cm³/mol. The Bertz CT molecular complexity index is 801. The van der Waals surface area contributed by atoms with Crippen LogP contribution in [0, 0.1) is 11.3 Å². The van der Waals surface area contributed by atoms with E-state index in [1.165, 1.54) is 6.08 Å². The summed E-state index contributed by atoms with van der Waals surface area (Å²) in [6.07, 6.45) is 2.79. The van der Waals surface area contributed by atoms with Crippen molar-refractivity contribution < 1.29 is 29.0 Å². The summed E-state index contributed by atoms with van der Waals surface area (Å²) in [6.45, 7) is 8.62.